The van der Waals surface area contributed by atoms with Gasteiger partial charge in [-0.2, -0.15) is 5.26 Å². The van der Waals surface area contributed by atoms with Crippen molar-refractivity contribution >= 4 is 11.8 Å². The minimum absolute atomic E-state index is 0.0846. The maximum atomic E-state index is 11.6. The Balaban J connectivity index is 1.79. The summed E-state index contributed by atoms with van der Waals surface area (Å²) in [6.45, 7) is 0.253. The van der Waals surface area contributed by atoms with Crippen molar-refractivity contribution in [1.82, 2.24) is 5.32 Å². The highest BCUT2D eigenvalue weighted by molar-refractivity contribution is 5.67. The summed E-state index contributed by atoms with van der Waals surface area (Å²) in [5.74, 6) is 0. The van der Waals surface area contributed by atoms with Crippen molar-refractivity contribution in [2.24, 2.45) is 0 Å². The number of nitrogen functional groups attached to an aromatic ring is 1. The SMILES string of the molecule is N#Cc1ccc(N)cc1C(O)C(O)CCNC(=O)OCc1ccccc1. The Morgan fingerprint density at radius 1 is 1.23 bits per heavy atom. The van der Waals surface area contributed by atoms with Gasteiger partial charge >= 0.3 is 6.09 Å². The fourth-order valence-corrected chi connectivity index (χ4v) is 2.39. The van der Waals surface area contributed by atoms with Crippen LogP contribution in [0.4, 0.5) is 10.5 Å². The van der Waals surface area contributed by atoms with Crippen LogP contribution >= 0.6 is 0 Å². The van der Waals surface area contributed by atoms with Crippen LogP contribution in [0.3, 0.4) is 0 Å². The Labute approximate surface area is 151 Å². The lowest BCUT2D eigenvalue weighted by Gasteiger charge is -2.19. The minimum atomic E-state index is -1.28. The number of hydrogen-bond acceptors (Lipinski definition) is 6. The summed E-state index contributed by atoms with van der Waals surface area (Å²) in [5.41, 5.74) is 7.41. The highest BCUT2D eigenvalue weighted by atomic mass is 16.5. The van der Waals surface area contributed by atoms with Crippen molar-refractivity contribution in [3.63, 3.8) is 0 Å². The highest BCUT2D eigenvalue weighted by Gasteiger charge is 2.21. The van der Waals surface area contributed by atoms with Crippen LogP contribution in [0, 0.1) is 11.3 Å². The van der Waals surface area contributed by atoms with Crippen molar-refractivity contribution in [2.45, 2.75) is 25.2 Å². The number of hydrogen-bond donors (Lipinski definition) is 4. The van der Waals surface area contributed by atoms with E-state index in [1.807, 2.05) is 36.4 Å². The molecule has 0 radical (unpaired) electrons. The van der Waals surface area contributed by atoms with Crippen LogP contribution in [0.2, 0.25) is 0 Å². The summed E-state index contributed by atoms with van der Waals surface area (Å²) >= 11 is 0. The highest BCUT2D eigenvalue weighted by Crippen LogP contribution is 2.24. The van der Waals surface area contributed by atoms with Gasteiger partial charge in [0.05, 0.1) is 17.7 Å². The predicted octanol–water partition coefficient (Wildman–Crippen LogP) is 1.85. The van der Waals surface area contributed by atoms with Gasteiger partial charge in [0.25, 0.3) is 0 Å². The van der Waals surface area contributed by atoms with E-state index < -0.39 is 18.3 Å². The van der Waals surface area contributed by atoms with Crippen LogP contribution in [0.25, 0.3) is 0 Å². The molecule has 0 bridgehead atoms. The van der Waals surface area contributed by atoms with Crippen molar-refractivity contribution in [2.75, 3.05) is 12.3 Å². The molecule has 0 aliphatic heterocycles. The summed E-state index contributed by atoms with van der Waals surface area (Å²) < 4.78 is 5.05. The number of nitrogens with one attached hydrogen (secondary N) is 1. The van der Waals surface area contributed by atoms with E-state index in [0.29, 0.717) is 5.69 Å². The monoisotopic (exact) mass is 355 g/mol. The Morgan fingerprint density at radius 3 is 2.65 bits per heavy atom. The number of aliphatic hydroxyl groups is 2. The lowest BCUT2D eigenvalue weighted by Crippen LogP contribution is -2.30. The molecule has 0 spiro atoms. The quantitative estimate of drug-likeness (QED) is 0.561. The molecule has 2 rings (SSSR count). The van der Waals surface area contributed by atoms with Gasteiger partial charge in [-0.25, -0.2) is 4.79 Å². The van der Waals surface area contributed by atoms with E-state index in [-0.39, 0.29) is 30.7 Å². The van der Waals surface area contributed by atoms with Crippen molar-refractivity contribution in [3.8, 4) is 6.07 Å². The second-order valence-corrected chi connectivity index (χ2v) is 5.75. The van der Waals surface area contributed by atoms with Crippen LogP contribution in [-0.2, 0) is 11.3 Å². The maximum Gasteiger partial charge on any atom is 0.407 e. The molecule has 7 nitrogen and oxygen atoms in total. The van der Waals surface area contributed by atoms with Gasteiger partial charge in [-0.15, -0.1) is 0 Å². The average Bonchev–Trinajstić information content (AvgIpc) is 2.66. The summed E-state index contributed by atoms with van der Waals surface area (Å²) in [5, 5.41) is 31.9. The Bertz CT molecular complexity index is 774. The molecule has 0 aliphatic rings. The zero-order valence-corrected chi connectivity index (χ0v) is 14.1. The molecular formula is C19H21N3O4. The number of rotatable bonds is 7. The Kier molecular flexibility index (Phi) is 6.97. The van der Waals surface area contributed by atoms with Gasteiger partial charge in [0, 0.05) is 17.8 Å². The van der Waals surface area contributed by atoms with Crippen LogP contribution in [0.1, 0.15) is 29.2 Å². The molecule has 136 valence electrons. The van der Waals surface area contributed by atoms with Crippen LogP contribution in [0.15, 0.2) is 48.5 Å². The number of amides is 1. The summed E-state index contributed by atoms with van der Waals surface area (Å²) in [7, 11) is 0. The van der Waals surface area contributed by atoms with E-state index in [1.54, 1.807) is 6.07 Å². The number of benzene rings is 2. The first-order chi connectivity index (χ1) is 12.5. The van der Waals surface area contributed by atoms with Crippen molar-refractivity contribution in [1.29, 1.82) is 5.26 Å². The van der Waals surface area contributed by atoms with E-state index >= 15 is 0 Å². The second kappa shape index (κ2) is 9.42. The summed E-state index contributed by atoms with van der Waals surface area (Å²) in [4.78, 5) is 11.6. The Hall–Kier alpha value is -3.08. The molecule has 26 heavy (non-hydrogen) atoms. The molecule has 0 heterocycles. The number of ether oxygens (including phenoxy) is 1. The number of alkyl carbamates (subject to hydrolysis) is 1. The first-order valence-electron chi connectivity index (χ1n) is 8.11. The van der Waals surface area contributed by atoms with Crippen molar-refractivity contribution in [3.05, 3.63) is 65.2 Å². The number of carbonyl (C=O) groups is 1. The Morgan fingerprint density at radius 2 is 1.96 bits per heavy atom. The van der Waals surface area contributed by atoms with E-state index in [9.17, 15) is 15.0 Å². The largest absolute Gasteiger partial charge is 0.445 e. The fourth-order valence-electron chi connectivity index (χ4n) is 2.39. The molecule has 2 aromatic carbocycles. The minimum Gasteiger partial charge on any atom is -0.445 e. The second-order valence-electron chi connectivity index (χ2n) is 5.75. The smallest absolute Gasteiger partial charge is 0.407 e. The third-order valence-electron chi connectivity index (χ3n) is 3.80. The third-order valence-corrected chi connectivity index (χ3v) is 3.80. The van der Waals surface area contributed by atoms with Gasteiger partial charge in [0.1, 0.15) is 12.7 Å². The van der Waals surface area contributed by atoms with Gasteiger partial charge in [-0.1, -0.05) is 30.3 Å². The number of nitriles is 1. The molecule has 7 heteroatoms. The molecule has 1 amide bonds. The molecular weight excluding hydrogens is 334 g/mol. The molecule has 5 N–H and O–H groups in total. The van der Waals surface area contributed by atoms with E-state index in [4.69, 9.17) is 15.7 Å². The number of nitrogens with zero attached hydrogens (tertiary/aromatic N) is 1. The zero-order chi connectivity index (χ0) is 18.9. The molecule has 2 atom stereocenters. The molecule has 0 aliphatic carbocycles. The van der Waals surface area contributed by atoms with Gasteiger partial charge in [0.15, 0.2) is 0 Å². The first kappa shape index (κ1) is 19.2. The lowest BCUT2D eigenvalue weighted by atomic mass is 9.97. The average molecular weight is 355 g/mol. The molecule has 0 saturated carbocycles. The predicted molar refractivity (Wildman–Crippen MR) is 95.8 cm³/mol. The number of aliphatic hydroxyl groups excluding tert-OH is 2. The van der Waals surface area contributed by atoms with E-state index in [1.165, 1.54) is 12.1 Å². The first-order valence-corrected chi connectivity index (χ1v) is 8.11. The van der Waals surface area contributed by atoms with Gasteiger partial charge in [-0.3, -0.25) is 0 Å². The van der Waals surface area contributed by atoms with Crippen LogP contribution in [-0.4, -0.2) is 29.0 Å². The molecule has 0 saturated heterocycles. The molecule has 0 aromatic heterocycles. The standard InChI is InChI=1S/C19H21N3O4/c20-11-14-6-7-15(21)10-16(14)18(24)17(23)8-9-22-19(25)26-12-13-4-2-1-3-5-13/h1-7,10,17-18,23-24H,8-9,12,21H2,(H,22,25). The number of nitrogens with two attached hydrogens (primary N) is 1. The fraction of sp³-hybridized carbons (Fsp3) is 0.263. The normalized spacial score (nSPS) is 12.7. The van der Waals surface area contributed by atoms with Crippen LogP contribution in [0.5, 0.6) is 0 Å². The molecule has 2 aromatic rings. The maximum absolute atomic E-state index is 11.6. The zero-order valence-electron chi connectivity index (χ0n) is 14.1. The third kappa shape index (κ3) is 5.48. The summed E-state index contributed by atoms with van der Waals surface area (Å²) in [6.07, 6.45) is -2.98. The summed E-state index contributed by atoms with van der Waals surface area (Å²) in [6, 6.07) is 15.7. The number of anilines is 1. The van der Waals surface area contributed by atoms with Gasteiger partial charge in [-0.05, 0) is 30.2 Å². The van der Waals surface area contributed by atoms with Crippen LogP contribution < -0.4 is 11.1 Å². The molecule has 2 unspecified atom stereocenters. The van der Waals surface area contributed by atoms with E-state index in [0.717, 1.165) is 5.56 Å². The van der Waals surface area contributed by atoms with Crippen molar-refractivity contribution < 1.29 is 19.7 Å². The van der Waals surface area contributed by atoms with Gasteiger partial charge in [0.2, 0.25) is 0 Å². The van der Waals surface area contributed by atoms with Gasteiger partial charge < -0.3 is 26.0 Å². The van der Waals surface area contributed by atoms with E-state index in [2.05, 4.69) is 5.32 Å². The number of carbonyl (C=O) groups excluding carboxylic acids is 1. The molecule has 0 fully saturated rings. The lowest BCUT2D eigenvalue weighted by molar-refractivity contribution is 0.0135. The topological polar surface area (TPSA) is 129 Å².